The van der Waals surface area contributed by atoms with Gasteiger partial charge in [0.1, 0.15) is 11.6 Å². The first-order chi connectivity index (χ1) is 14.0. The molecule has 1 heterocycles. The number of hydrogen-bond donors (Lipinski definition) is 1. The number of alkyl halides is 2. The van der Waals surface area contributed by atoms with Crippen LogP contribution in [0.4, 0.5) is 13.2 Å². The van der Waals surface area contributed by atoms with E-state index in [9.17, 15) is 17.4 Å². The molecule has 4 nitrogen and oxygen atoms in total. The smallest absolute Gasteiger partial charge is 0.387 e. The minimum atomic E-state index is -2.97. The summed E-state index contributed by atoms with van der Waals surface area (Å²) in [5, 5.41) is 3.23. The predicted octanol–water partition coefficient (Wildman–Crippen LogP) is 4.67. The molecule has 0 saturated carbocycles. The van der Waals surface area contributed by atoms with Gasteiger partial charge in [-0.1, -0.05) is 18.2 Å². The van der Waals surface area contributed by atoms with E-state index in [-0.39, 0.29) is 16.7 Å². The summed E-state index contributed by atoms with van der Waals surface area (Å²) < 4.78 is 59.0. The second-order valence-corrected chi connectivity index (χ2v) is 8.06. The van der Waals surface area contributed by atoms with Crippen LogP contribution in [0.25, 0.3) is 11.3 Å². The molecule has 4 rings (SSSR count). The molecule has 0 bridgehead atoms. The van der Waals surface area contributed by atoms with Gasteiger partial charge >= 0.3 is 6.61 Å². The Balaban J connectivity index is 1.84. The molecular formula is C21H19F3N2O2S. The quantitative estimate of drug-likeness (QED) is 0.630. The molecule has 0 radical (unpaired) electrons. The van der Waals surface area contributed by atoms with Crippen molar-refractivity contribution in [2.24, 2.45) is 0 Å². The molecule has 2 unspecified atom stereocenters. The number of rotatable bonds is 6. The molecule has 1 aliphatic carbocycles. The molecule has 0 spiro atoms. The molecule has 0 amide bonds. The van der Waals surface area contributed by atoms with Gasteiger partial charge in [-0.2, -0.15) is 8.78 Å². The lowest BCUT2D eigenvalue weighted by Crippen LogP contribution is -2.13. The van der Waals surface area contributed by atoms with Crippen molar-refractivity contribution in [3.63, 3.8) is 0 Å². The Kier molecular flexibility index (Phi) is 5.47. The van der Waals surface area contributed by atoms with Crippen LogP contribution in [0.2, 0.25) is 0 Å². The van der Waals surface area contributed by atoms with Crippen molar-refractivity contribution in [1.82, 2.24) is 9.29 Å². The second kappa shape index (κ2) is 8.04. The Morgan fingerprint density at radius 1 is 1.21 bits per heavy atom. The molecule has 152 valence electrons. The molecule has 1 N–H and O–H groups in total. The van der Waals surface area contributed by atoms with Crippen LogP contribution in [0, 0.1) is 5.82 Å². The van der Waals surface area contributed by atoms with Gasteiger partial charge in [-0.3, -0.25) is 3.97 Å². The minimum Gasteiger partial charge on any atom is -0.435 e. The number of ether oxygens (including phenoxy) is 1. The van der Waals surface area contributed by atoms with E-state index in [1.165, 1.54) is 28.2 Å². The fraction of sp³-hybridized carbons (Fsp3) is 0.238. The highest BCUT2D eigenvalue weighted by Gasteiger charge is 2.30. The molecule has 1 aliphatic rings. The largest absolute Gasteiger partial charge is 0.435 e. The molecular weight excluding hydrogens is 401 g/mol. The average molecular weight is 420 g/mol. The van der Waals surface area contributed by atoms with Gasteiger partial charge in [-0.05, 0) is 61.3 Å². The van der Waals surface area contributed by atoms with Crippen LogP contribution in [-0.4, -0.2) is 21.8 Å². The van der Waals surface area contributed by atoms with Crippen molar-refractivity contribution in [2.45, 2.75) is 30.4 Å². The maximum atomic E-state index is 14.6. The van der Waals surface area contributed by atoms with Crippen LogP contribution < -0.4 is 10.1 Å². The summed E-state index contributed by atoms with van der Waals surface area (Å²) in [5.74, 6) is -0.486. The van der Waals surface area contributed by atoms with Crippen molar-refractivity contribution in [1.29, 1.82) is 0 Å². The summed E-state index contributed by atoms with van der Waals surface area (Å²) in [5.41, 5.74) is 2.83. The Hall–Kier alpha value is -2.58. The van der Waals surface area contributed by atoms with E-state index in [0.717, 1.165) is 24.0 Å². The molecule has 3 aromatic rings. The molecule has 0 aliphatic heterocycles. The van der Waals surface area contributed by atoms with Crippen molar-refractivity contribution >= 4 is 11.0 Å². The van der Waals surface area contributed by atoms with Gasteiger partial charge in [0.15, 0.2) is 11.0 Å². The maximum absolute atomic E-state index is 14.6. The van der Waals surface area contributed by atoms with Crippen molar-refractivity contribution < 1.29 is 22.1 Å². The van der Waals surface area contributed by atoms with Crippen LogP contribution in [0.5, 0.6) is 5.75 Å². The van der Waals surface area contributed by atoms with Gasteiger partial charge in [-0.15, -0.1) is 0 Å². The Morgan fingerprint density at radius 2 is 2.00 bits per heavy atom. The zero-order valence-corrected chi connectivity index (χ0v) is 16.4. The second-order valence-electron chi connectivity index (χ2n) is 6.70. The molecule has 0 saturated heterocycles. The lowest BCUT2D eigenvalue weighted by atomic mass is 10.1. The molecule has 2 atom stereocenters. The lowest BCUT2D eigenvalue weighted by Gasteiger charge is -2.13. The monoisotopic (exact) mass is 420 g/mol. The van der Waals surface area contributed by atoms with E-state index in [1.807, 2.05) is 7.05 Å². The first-order valence-electron chi connectivity index (χ1n) is 9.13. The van der Waals surface area contributed by atoms with Crippen LogP contribution in [0.1, 0.15) is 23.6 Å². The average Bonchev–Trinajstić information content (AvgIpc) is 3.26. The third kappa shape index (κ3) is 3.70. The van der Waals surface area contributed by atoms with Gasteiger partial charge in [-0.25, -0.2) is 8.60 Å². The van der Waals surface area contributed by atoms with Gasteiger partial charge in [0.25, 0.3) is 0 Å². The first-order valence-corrected chi connectivity index (χ1v) is 10.2. The predicted molar refractivity (Wildman–Crippen MR) is 105 cm³/mol. The number of aromatic nitrogens is 1. The van der Waals surface area contributed by atoms with E-state index in [1.54, 1.807) is 30.5 Å². The standard InChI is InChI=1S/C21H19F3N2O2S/c1-25-19-10-9-15-17(19)12-26(20(15)16-7-2-3-8-18(16)22)29(27)14-6-4-5-13(11-14)28-21(23)24/h2-8,11-12,19,21,25H,9-10H2,1H3. The topological polar surface area (TPSA) is 43.3 Å². The number of hydrogen-bond acceptors (Lipinski definition) is 3. The minimum absolute atomic E-state index is 0.0777. The highest BCUT2D eigenvalue weighted by atomic mass is 32.2. The summed E-state index contributed by atoms with van der Waals surface area (Å²) in [7, 11) is 0.0802. The zero-order valence-electron chi connectivity index (χ0n) is 15.6. The highest BCUT2D eigenvalue weighted by Crippen LogP contribution is 2.41. The number of nitrogens with one attached hydrogen (secondary N) is 1. The number of halogens is 3. The summed E-state index contributed by atoms with van der Waals surface area (Å²) in [4.78, 5) is 0.287. The van der Waals surface area contributed by atoms with E-state index < -0.39 is 23.4 Å². The molecule has 1 aromatic heterocycles. The number of nitrogens with zero attached hydrogens (tertiary/aromatic N) is 1. The van der Waals surface area contributed by atoms with E-state index in [0.29, 0.717) is 11.3 Å². The summed E-state index contributed by atoms with van der Waals surface area (Å²) in [6.45, 7) is -2.97. The SMILES string of the molecule is CNC1CCc2c1cn(S(=O)c1cccc(OC(F)F)c1)c2-c1ccccc1F. The lowest BCUT2D eigenvalue weighted by molar-refractivity contribution is -0.0499. The molecule has 2 aromatic carbocycles. The van der Waals surface area contributed by atoms with Gasteiger partial charge in [0.05, 0.1) is 10.6 Å². The van der Waals surface area contributed by atoms with E-state index in [2.05, 4.69) is 10.1 Å². The Labute approximate surface area is 168 Å². The highest BCUT2D eigenvalue weighted by molar-refractivity contribution is 7.83. The molecule has 0 fully saturated rings. The fourth-order valence-electron chi connectivity index (χ4n) is 3.78. The van der Waals surface area contributed by atoms with Crippen molar-refractivity contribution in [3.05, 3.63) is 71.7 Å². The van der Waals surface area contributed by atoms with Crippen LogP contribution in [-0.2, 0) is 17.4 Å². The summed E-state index contributed by atoms with van der Waals surface area (Å²) >= 11 is 0. The molecule has 29 heavy (non-hydrogen) atoms. The van der Waals surface area contributed by atoms with E-state index >= 15 is 0 Å². The van der Waals surface area contributed by atoms with E-state index in [4.69, 9.17) is 0 Å². The van der Waals surface area contributed by atoms with Crippen molar-refractivity contribution in [2.75, 3.05) is 7.05 Å². The molecule has 8 heteroatoms. The number of fused-ring (bicyclic) bond motifs is 1. The Morgan fingerprint density at radius 3 is 2.72 bits per heavy atom. The third-order valence-corrected chi connectivity index (χ3v) is 6.36. The van der Waals surface area contributed by atoms with Gasteiger partial charge in [0, 0.05) is 17.8 Å². The van der Waals surface area contributed by atoms with Crippen LogP contribution in [0.3, 0.4) is 0 Å². The summed E-state index contributed by atoms with van der Waals surface area (Å²) in [6.07, 6.45) is 3.36. The third-order valence-electron chi connectivity index (χ3n) is 5.06. The van der Waals surface area contributed by atoms with Crippen molar-refractivity contribution in [3.8, 4) is 17.0 Å². The maximum Gasteiger partial charge on any atom is 0.387 e. The van der Waals surface area contributed by atoms with Crippen LogP contribution in [0.15, 0.2) is 59.6 Å². The fourth-order valence-corrected chi connectivity index (χ4v) is 5.01. The number of benzene rings is 2. The summed E-state index contributed by atoms with van der Waals surface area (Å²) in [6, 6.07) is 12.2. The zero-order chi connectivity index (χ0) is 20.5. The normalized spacial score (nSPS) is 16.8. The first kappa shape index (κ1) is 19.7. The Bertz CT molecular complexity index is 1070. The van der Waals surface area contributed by atoms with Gasteiger partial charge < -0.3 is 10.1 Å². The van der Waals surface area contributed by atoms with Crippen LogP contribution >= 0.6 is 0 Å². The van der Waals surface area contributed by atoms with Gasteiger partial charge in [0.2, 0.25) is 0 Å².